The van der Waals surface area contributed by atoms with Crippen LogP contribution in [0.15, 0.2) is 0 Å². The Labute approximate surface area is 117 Å². The number of methoxy groups -OCH3 is 1. The van der Waals surface area contributed by atoms with E-state index in [2.05, 4.69) is 26.0 Å². The van der Waals surface area contributed by atoms with Gasteiger partial charge in [-0.25, -0.2) is 9.59 Å². The van der Waals surface area contributed by atoms with Crippen LogP contribution < -0.4 is 5.32 Å². The summed E-state index contributed by atoms with van der Waals surface area (Å²) in [5.41, 5.74) is -0.583. The van der Waals surface area contributed by atoms with Gasteiger partial charge in [-0.2, -0.15) is 0 Å². The van der Waals surface area contributed by atoms with Crippen LogP contribution in [0, 0.1) is 0 Å². The molecule has 106 valence electrons. The van der Waals surface area contributed by atoms with Crippen LogP contribution in [0.4, 0.5) is 4.79 Å². The summed E-state index contributed by atoms with van der Waals surface area (Å²) in [6.07, 6.45) is 1.69. The number of rotatable bonds is 6. The lowest BCUT2D eigenvalue weighted by Gasteiger charge is -2.22. The number of hydrogen-bond acceptors (Lipinski definition) is 4. The minimum absolute atomic E-state index is 0.449. The second kappa shape index (κ2) is 8.34. The van der Waals surface area contributed by atoms with Crippen LogP contribution in [-0.4, -0.2) is 36.1 Å². The summed E-state index contributed by atoms with van der Waals surface area (Å²) in [4.78, 5) is 23.1. The molecule has 1 amide bonds. The molecule has 0 radical (unpaired) electrons. The van der Waals surface area contributed by atoms with E-state index >= 15 is 0 Å². The molecule has 0 fully saturated rings. The van der Waals surface area contributed by atoms with Gasteiger partial charge >= 0.3 is 12.1 Å². The third kappa shape index (κ3) is 8.33. The van der Waals surface area contributed by atoms with E-state index in [4.69, 9.17) is 4.74 Å². The maximum atomic E-state index is 11.6. The van der Waals surface area contributed by atoms with Gasteiger partial charge < -0.3 is 14.8 Å². The molecule has 0 saturated carbocycles. The number of nitrogens with one attached hydrogen (secondary N) is 1. The first-order valence-corrected chi connectivity index (χ1v) is 7.05. The SMILES string of the molecule is COC(=O)C(CCCCBr)NC(=O)OC(C)(C)C. The average molecular weight is 324 g/mol. The predicted octanol–water partition coefficient (Wildman–Crippen LogP) is 2.62. The van der Waals surface area contributed by atoms with Crippen LogP contribution in [0.2, 0.25) is 0 Å². The second-order valence-electron chi connectivity index (χ2n) is 4.91. The number of alkyl carbamates (subject to hydrolysis) is 1. The maximum absolute atomic E-state index is 11.6. The monoisotopic (exact) mass is 323 g/mol. The topological polar surface area (TPSA) is 64.6 Å². The van der Waals surface area contributed by atoms with Gasteiger partial charge in [0.25, 0.3) is 0 Å². The number of alkyl halides is 1. The molecule has 18 heavy (non-hydrogen) atoms. The summed E-state index contributed by atoms with van der Waals surface area (Å²) in [5, 5.41) is 3.40. The van der Waals surface area contributed by atoms with E-state index in [9.17, 15) is 9.59 Å². The van der Waals surface area contributed by atoms with E-state index in [1.54, 1.807) is 20.8 Å². The van der Waals surface area contributed by atoms with Crippen molar-refractivity contribution in [3.05, 3.63) is 0 Å². The first-order chi connectivity index (χ1) is 8.30. The van der Waals surface area contributed by atoms with Gasteiger partial charge in [0.15, 0.2) is 0 Å². The van der Waals surface area contributed by atoms with Crippen molar-refractivity contribution < 1.29 is 19.1 Å². The Morgan fingerprint density at radius 2 is 1.89 bits per heavy atom. The van der Waals surface area contributed by atoms with Crippen molar-refractivity contribution in [1.82, 2.24) is 5.32 Å². The summed E-state index contributed by atoms with van der Waals surface area (Å²) in [6, 6.07) is -0.649. The fourth-order valence-electron chi connectivity index (χ4n) is 1.28. The van der Waals surface area contributed by atoms with Gasteiger partial charge in [-0.05, 0) is 40.0 Å². The van der Waals surface area contributed by atoms with Gasteiger partial charge in [0.1, 0.15) is 11.6 Å². The number of carbonyl (C=O) groups excluding carboxylic acids is 2. The van der Waals surface area contributed by atoms with Crippen LogP contribution in [0.3, 0.4) is 0 Å². The predicted molar refractivity (Wildman–Crippen MR) is 72.8 cm³/mol. The van der Waals surface area contributed by atoms with Crippen LogP contribution >= 0.6 is 15.9 Å². The van der Waals surface area contributed by atoms with Crippen molar-refractivity contribution in [1.29, 1.82) is 0 Å². The van der Waals surface area contributed by atoms with E-state index in [0.717, 1.165) is 18.2 Å². The zero-order chi connectivity index (χ0) is 14.2. The highest BCUT2D eigenvalue weighted by atomic mass is 79.9. The van der Waals surface area contributed by atoms with E-state index in [1.165, 1.54) is 7.11 Å². The molecule has 0 aliphatic rings. The zero-order valence-corrected chi connectivity index (χ0v) is 13.0. The third-order valence-corrected chi connectivity index (χ3v) is 2.61. The minimum Gasteiger partial charge on any atom is -0.467 e. The Hall–Kier alpha value is -0.780. The number of ether oxygens (including phenoxy) is 2. The Morgan fingerprint density at radius 3 is 2.33 bits per heavy atom. The summed E-state index contributed by atoms with van der Waals surface area (Å²) in [5.74, 6) is -0.449. The van der Waals surface area contributed by atoms with Crippen LogP contribution in [0.25, 0.3) is 0 Å². The number of hydrogen-bond donors (Lipinski definition) is 1. The average Bonchev–Trinajstić information content (AvgIpc) is 2.24. The minimum atomic E-state index is -0.649. The van der Waals surface area contributed by atoms with E-state index in [0.29, 0.717) is 6.42 Å². The Kier molecular flexibility index (Phi) is 7.98. The molecule has 0 saturated heterocycles. The van der Waals surface area contributed by atoms with Gasteiger partial charge in [0.2, 0.25) is 0 Å². The van der Waals surface area contributed by atoms with Gasteiger partial charge in [-0.3, -0.25) is 0 Å². The molecule has 1 unspecified atom stereocenters. The van der Waals surface area contributed by atoms with Crippen molar-refractivity contribution in [2.75, 3.05) is 12.4 Å². The highest BCUT2D eigenvalue weighted by molar-refractivity contribution is 9.09. The quantitative estimate of drug-likeness (QED) is 0.463. The molecule has 0 spiro atoms. The van der Waals surface area contributed by atoms with E-state index in [-0.39, 0.29) is 0 Å². The normalized spacial score (nSPS) is 12.7. The summed E-state index contributed by atoms with van der Waals surface area (Å²) in [6.45, 7) is 5.31. The van der Waals surface area contributed by atoms with Crippen molar-refractivity contribution in [2.45, 2.75) is 51.7 Å². The number of amides is 1. The van der Waals surface area contributed by atoms with Crippen LogP contribution in [0.1, 0.15) is 40.0 Å². The van der Waals surface area contributed by atoms with Crippen LogP contribution in [-0.2, 0) is 14.3 Å². The molecule has 5 nitrogen and oxygen atoms in total. The highest BCUT2D eigenvalue weighted by Gasteiger charge is 2.24. The molecular formula is C12H22BrNO4. The van der Waals surface area contributed by atoms with Gasteiger partial charge in [0, 0.05) is 5.33 Å². The first kappa shape index (κ1) is 17.2. The van der Waals surface area contributed by atoms with Crippen molar-refractivity contribution in [3.63, 3.8) is 0 Å². The lowest BCUT2D eigenvalue weighted by molar-refractivity contribution is -0.143. The molecule has 0 aliphatic carbocycles. The molecule has 0 aromatic heterocycles. The smallest absolute Gasteiger partial charge is 0.408 e. The number of unbranched alkanes of at least 4 members (excludes halogenated alkanes) is 1. The van der Waals surface area contributed by atoms with Crippen molar-refractivity contribution >= 4 is 28.0 Å². The molecule has 0 bridgehead atoms. The molecular weight excluding hydrogens is 302 g/mol. The molecule has 0 aromatic rings. The highest BCUT2D eigenvalue weighted by Crippen LogP contribution is 2.09. The van der Waals surface area contributed by atoms with E-state index in [1.807, 2.05) is 0 Å². The molecule has 1 atom stereocenters. The molecule has 0 aromatic carbocycles. The second-order valence-corrected chi connectivity index (χ2v) is 5.70. The number of esters is 1. The van der Waals surface area contributed by atoms with Gasteiger partial charge in [0.05, 0.1) is 7.11 Å². The molecule has 0 heterocycles. The number of halogens is 1. The van der Waals surface area contributed by atoms with Crippen LogP contribution in [0.5, 0.6) is 0 Å². The van der Waals surface area contributed by atoms with E-state index < -0.39 is 23.7 Å². The lowest BCUT2D eigenvalue weighted by atomic mass is 10.1. The Morgan fingerprint density at radius 1 is 1.28 bits per heavy atom. The largest absolute Gasteiger partial charge is 0.467 e. The Bertz CT molecular complexity index is 276. The molecule has 0 aliphatic heterocycles. The fourth-order valence-corrected chi connectivity index (χ4v) is 1.68. The maximum Gasteiger partial charge on any atom is 0.408 e. The molecule has 0 rings (SSSR count). The number of carbonyl (C=O) groups is 2. The molecule has 6 heteroatoms. The summed E-state index contributed by atoms with van der Waals surface area (Å²) < 4.78 is 9.76. The third-order valence-electron chi connectivity index (χ3n) is 2.05. The van der Waals surface area contributed by atoms with Gasteiger partial charge in [-0.15, -0.1) is 0 Å². The van der Waals surface area contributed by atoms with Crippen molar-refractivity contribution in [2.24, 2.45) is 0 Å². The standard InChI is InChI=1S/C12H22BrNO4/c1-12(2,3)18-11(16)14-9(10(15)17-4)7-5-6-8-13/h9H,5-8H2,1-4H3,(H,14,16). The fraction of sp³-hybridized carbons (Fsp3) is 0.833. The Balaban J connectivity index is 4.31. The zero-order valence-electron chi connectivity index (χ0n) is 11.4. The van der Waals surface area contributed by atoms with Crippen molar-refractivity contribution in [3.8, 4) is 0 Å². The molecule has 1 N–H and O–H groups in total. The van der Waals surface area contributed by atoms with Gasteiger partial charge in [-0.1, -0.05) is 15.9 Å². The summed E-state index contributed by atoms with van der Waals surface area (Å²) >= 11 is 3.32. The lowest BCUT2D eigenvalue weighted by Crippen LogP contribution is -2.44. The first-order valence-electron chi connectivity index (χ1n) is 5.93. The summed E-state index contributed by atoms with van der Waals surface area (Å²) in [7, 11) is 1.30.